The van der Waals surface area contributed by atoms with Gasteiger partial charge in [-0.1, -0.05) is 29.9 Å². The van der Waals surface area contributed by atoms with Gasteiger partial charge >= 0.3 is 0 Å². The molecule has 3 rings (SSSR count). The number of hydrogen-bond donors (Lipinski definition) is 1. The Morgan fingerprint density at radius 2 is 2.33 bits per heavy atom. The van der Waals surface area contributed by atoms with Crippen LogP contribution in [-0.2, 0) is 13.0 Å². The van der Waals surface area contributed by atoms with Crippen LogP contribution in [0.3, 0.4) is 0 Å². The van der Waals surface area contributed by atoms with Gasteiger partial charge < -0.3 is 10.6 Å². The summed E-state index contributed by atoms with van der Waals surface area (Å²) in [7, 11) is 0. The summed E-state index contributed by atoms with van der Waals surface area (Å²) in [5, 5.41) is 8.87. The van der Waals surface area contributed by atoms with E-state index in [4.69, 9.17) is 5.73 Å². The van der Waals surface area contributed by atoms with Crippen molar-refractivity contribution in [3.63, 3.8) is 0 Å². The van der Waals surface area contributed by atoms with Gasteiger partial charge in [0, 0.05) is 25.8 Å². The van der Waals surface area contributed by atoms with Crippen LogP contribution < -0.4 is 5.73 Å². The molecule has 0 unspecified atom stereocenters. The number of piperidine rings is 1. The van der Waals surface area contributed by atoms with Gasteiger partial charge in [-0.2, -0.15) is 0 Å². The molecule has 1 fully saturated rings. The van der Waals surface area contributed by atoms with Gasteiger partial charge in [0.1, 0.15) is 4.88 Å². The first kappa shape index (κ1) is 16.9. The first-order valence-corrected chi connectivity index (χ1v) is 9.29. The van der Waals surface area contributed by atoms with Crippen molar-refractivity contribution in [3.05, 3.63) is 22.5 Å². The molecular weight excluding hydrogens is 324 g/mol. The summed E-state index contributed by atoms with van der Waals surface area (Å²) < 4.78 is 1.92. The van der Waals surface area contributed by atoms with Gasteiger partial charge in [0.05, 0.1) is 11.4 Å². The fourth-order valence-electron chi connectivity index (χ4n) is 3.22. The molecule has 3 heterocycles. The summed E-state index contributed by atoms with van der Waals surface area (Å²) in [5.41, 5.74) is 7.49. The van der Waals surface area contributed by atoms with Crippen molar-refractivity contribution in [2.24, 2.45) is 5.92 Å². The largest absolute Gasteiger partial charge is 0.375 e. The molecule has 0 spiro atoms. The number of carbonyl (C=O) groups excluding carboxylic acids is 1. The second kappa shape index (κ2) is 7.29. The number of anilines is 1. The van der Waals surface area contributed by atoms with E-state index < -0.39 is 0 Å². The van der Waals surface area contributed by atoms with Crippen molar-refractivity contribution in [2.45, 2.75) is 46.1 Å². The first-order valence-electron chi connectivity index (χ1n) is 8.48. The third-order valence-electron chi connectivity index (χ3n) is 4.35. The number of aromatic nitrogens is 4. The Kier molecular flexibility index (Phi) is 5.13. The minimum atomic E-state index is 0.0525. The molecule has 0 aromatic carbocycles. The van der Waals surface area contributed by atoms with Crippen molar-refractivity contribution < 1.29 is 4.79 Å². The zero-order valence-electron chi connectivity index (χ0n) is 14.2. The second-order valence-corrected chi connectivity index (χ2v) is 7.44. The summed E-state index contributed by atoms with van der Waals surface area (Å²) in [6, 6.07) is 0. The second-order valence-electron chi connectivity index (χ2n) is 6.41. The number of aryl methyl sites for hydroxylation is 2. The van der Waals surface area contributed by atoms with E-state index in [0.717, 1.165) is 56.7 Å². The average Bonchev–Trinajstić information content (AvgIpc) is 3.13. The van der Waals surface area contributed by atoms with E-state index in [1.165, 1.54) is 11.3 Å². The quantitative estimate of drug-likeness (QED) is 0.894. The molecule has 7 nitrogen and oxygen atoms in total. The van der Waals surface area contributed by atoms with Crippen LogP contribution in [0.25, 0.3) is 0 Å². The van der Waals surface area contributed by atoms with Crippen LogP contribution >= 0.6 is 11.3 Å². The molecule has 130 valence electrons. The van der Waals surface area contributed by atoms with Crippen molar-refractivity contribution in [1.29, 1.82) is 0 Å². The number of hydrogen-bond acceptors (Lipinski definition) is 6. The molecule has 0 radical (unpaired) electrons. The predicted octanol–water partition coefficient (Wildman–Crippen LogP) is 2.13. The molecule has 1 aliphatic heterocycles. The third-order valence-corrected chi connectivity index (χ3v) is 5.33. The Hall–Kier alpha value is -1.96. The smallest absolute Gasteiger partial charge is 0.265 e. The Morgan fingerprint density at radius 1 is 1.50 bits per heavy atom. The van der Waals surface area contributed by atoms with Gasteiger partial charge in [-0.05, 0) is 32.1 Å². The van der Waals surface area contributed by atoms with Crippen molar-refractivity contribution in [3.8, 4) is 0 Å². The topological polar surface area (TPSA) is 89.9 Å². The zero-order chi connectivity index (χ0) is 17.1. The van der Waals surface area contributed by atoms with E-state index in [9.17, 15) is 4.79 Å². The summed E-state index contributed by atoms with van der Waals surface area (Å²) >= 11 is 1.28. The standard InChI is InChI=1S/C16H24N6OS/c1-3-5-13-10-22(20-19-13)9-12-6-4-7-21(8-12)15(23)14-11(2)18-16(17)24-14/h10,12H,3-9H2,1-2H3,(H2,17,18)/t12-/m1/s1. The summed E-state index contributed by atoms with van der Waals surface area (Å²) in [5.74, 6) is 0.459. The molecule has 24 heavy (non-hydrogen) atoms. The van der Waals surface area contributed by atoms with Gasteiger partial charge in [0.25, 0.3) is 5.91 Å². The number of rotatable bonds is 5. The Balaban J connectivity index is 1.63. The molecule has 1 saturated heterocycles. The molecule has 1 amide bonds. The van der Waals surface area contributed by atoms with Gasteiger partial charge in [0.15, 0.2) is 5.13 Å². The highest BCUT2D eigenvalue weighted by Gasteiger charge is 2.27. The Labute approximate surface area is 145 Å². The molecule has 0 bridgehead atoms. The SMILES string of the molecule is CCCc1cn(C[C@@H]2CCCN(C(=O)c3sc(N)nc3C)C2)nn1. The third kappa shape index (κ3) is 3.75. The maximum atomic E-state index is 12.7. The Morgan fingerprint density at radius 3 is 3.04 bits per heavy atom. The lowest BCUT2D eigenvalue weighted by atomic mass is 9.98. The van der Waals surface area contributed by atoms with E-state index in [-0.39, 0.29) is 5.91 Å². The molecular formula is C16H24N6OS. The molecule has 8 heteroatoms. The normalized spacial score (nSPS) is 18.1. The van der Waals surface area contributed by atoms with Crippen molar-refractivity contribution in [2.75, 3.05) is 18.8 Å². The fourth-order valence-corrected chi connectivity index (χ4v) is 4.02. The number of nitrogens with two attached hydrogens (primary N) is 1. The van der Waals surface area contributed by atoms with Crippen LogP contribution in [0.4, 0.5) is 5.13 Å². The van der Waals surface area contributed by atoms with E-state index in [1.54, 1.807) is 0 Å². The van der Waals surface area contributed by atoms with Gasteiger partial charge in [-0.25, -0.2) is 4.98 Å². The van der Waals surface area contributed by atoms with E-state index in [2.05, 4.69) is 22.2 Å². The summed E-state index contributed by atoms with van der Waals surface area (Å²) in [4.78, 5) is 19.5. The maximum Gasteiger partial charge on any atom is 0.265 e. The lowest BCUT2D eigenvalue weighted by Gasteiger charge is -2.32. The predicted molar refractivity (Wildman–Crippen MR) is 93.9 cm³/mol. The monoisotopic (exact) mass is 348 g/mol. The lowest BCUT2D eigenvalue weighted by Crippen LogP contribution is -2.41. The highest BCUT2D eigenvalue weighted by molar-refractivity contribution is 7.17. The van der Waals surface area contributed by atoms with Crippen molar-refractivity contribution >= 4 is 22.4 Å². The first-order chi connectivity index (χ1) is 11.6. The number of amides is 1. The average molecular weight is 348 g/mol. The molecule has 0 saturated carbocycles. The fraction of sp³-hybridized carbons (Fsp3) is 0.625. The molecule has 2 aromatic rings. The number of carbonyl (C=O) groups is 1. The number of nitrogen functional groups attached to an aromatic ring is 1. The van der Waals surface area contributed by atoms with Crippen LogP contribution in [0, 0.1) is 12.8 Å². The van der Waals surface area contributed by atoms with Crippen molar-refractivity contribution in [1.82, 2.24) is 24.9 Å². The lowest BCUT2D eigenvalue weighted by molar-refractivity contribution is 0.0663. The zero-order valence-corrected chi connectivity index (χ0v) is 15.1. The van der Waals surface area contributed by atoms with Crippen LogP contribution in [0.1, 0.15) is 47.2 Å². The van der Waals surface area contributed by atoms with E-state index in [1.807, 2.05) is 22.7 Å². The number of likely N-dealkylation sites (tertiary alicyclic amines) is 1. The van der Waals surface area contributed by atoms with Crippen LogP contribution in [0.2, 0.25) is 0 Å². The van der Waals surface area contributed by atoms with Crippen LogP contribution in [0.15, 0.2) is 6.20 Å². The number of thiazole rings is 1. The molecule has 2 N–H and O–H groups in total. The van der Waals surface area contributed by atoms with Crippen LogP contribution in [-0.4, -0.2) is 43.9 Å². The summed E-state index contributed by atoms with van der Waals surface area (Å²) in [6.45, 7) is 6.33. The minimum absolute atomic E-state index is 0.0525. The Bertz CT molecular complexity index is 709. The van der Waals surface area contributed by atoms with Crippen LogP contribution in [0.5, 0.6) is 0 Å². The minimum Gasteiger partial charge on any atom is -0.375 e. The van der Waals surface area contributed by atoms with E-state index in [0.29, 0.717) is 15.9 Å². The number of nitrogens with zero attached hydrogens (tertiary/aromatic N) is 5. The van der Waals surface area contributed by atoms with E-state index >= 15 is 0 Å². The molecule has 1 aliphatic rings. The van der Waals surface area contributed by atoms with Gasteiger partial charge in [-0.15, -0.1) is 5.10 Å². The summed E-state index contributed by atoms with van der Waals surface area (Å²) in [6.07, 6.45) is 6.18. The molecule has 1 atom stereocenters. The van der Waals surface area contributed by atoms with Gasteiger partial charge in [-0.3, -0.25) is 9.48 Å². The maximum absolute atomic E-state index is 12.7. The molecule has 0 aliphatic carbocycles. The highest BCUT2D eigenvalue weighted by Crippen LogP contribution is 2.25. The molecule has 2 aromatic heterocycles. The van der Waals surface area contributed by atoms with Gasteiger partial charge in [0.2, 0.25) is 0 Å². The highest BCUT2D eigenvalue weighted by atomic mass is 32.1.